The topological polar surface area (TPSA) is 75.6 Å². The van der Waals surface area contributed by atoms with Crippen molar-refractivity contribution in [3.63, 3.8) is 0 Å². The van der Waals surface area contributed by atoms with Crippen molar-refractivity contribution >= 4 is 5.95 Å². The number of aromatic nitrogens is 2. The molecule has 0 aromatic carbocycles. The standard InChI is InChI=1S/C7H8N4/c1-2-6-5(3-8)4-10-7(9)11-6/h4H,2H2,1H3,(H2,9,10,11). The summed E-state index contributed by atoms with van der Waals surface area (Å²) in [6, 6.07) is 1.99. The van der Waals surface area contributed by atoms with Crippen LogP contribution in [0.2, 0.25) is 0 Å². The number of rotatable bonds is 1. The summed E-state index contributed by atoms with van der Waals surface area (Å²) in [5.41, 5.74) is 6.54. The Kier molecular flexibility index (Phi) is 2.02. The van der Waals surface area contributed by atoms with Crippen LogP contribution in [0, 0.1) is 11.3 Å². The van der Waals surface area contributed by atoms with Crippen molar-refractivity contribution in [2.75, 3.05) is 5.73 Å². The second-order valence-electron chi connectivity index (χ2n) is 2.05. The molecule has 11 heavy (non-hydrogen) atoms. The van der Waals surface area contributed by atoms with Gasteiger partial charge in [0.25, 0.3) is 0 Å². The molecular weight excluding hydrogens is 140 g/mol. The summed E-state index contributed by atoms with van der Waals surface area (Å²) in [6.07, 6.45) is 2.15. The van der Waals surface area contributed by atoms with E-state index in [1.54, 1.807) is 0 Å². The molecule has 0 unspecified atom stereocenters. The van der Waals surface area contributed by atoms with E-state index in [1.165, 1.54) is 6.20 Å². The molecule has 0 atom stereocenters. The molecule has 56 valence electrons. The van der Waals surface area contributed by atoms with Crippen molar-refractivity contribution < 1.29 is 0 Å². The lowest BCUT2D eigenvalue weighted by Crippen LogP contribution is -2.00. The first kappa shape index (κ1) is 7.48. The van der Waals surface area contributed by atoms with E-state index in [0.717, 1.165) is 0 Å². The highest BCUT2D eigenvalue weighted by Crippen LogP contribution is 2.04. The maximum atomic E-state index is 8.57. The number of anilines is 1. The van der Waals surface area contributed by atoms with E-state index in [1.807, 2.05) is 13.0 Å². The van der Waals surface area contributed by atoms with Gasteiger partial charge in [-0.2, -0.15) is 5.26 Å². The molecule has 4 nitrogen and oxygen atoms in total. The Morgan fingerprint density at radius 3 is 3.00 bits per heavy atom. The molecule has 0 saturated heterocycles. The van der Waals surface area contributed by atoms with Gasteiger partial charge in [0.2, 0.25) is 5.95 Å². The molecule has 0 saturated carbocycles. The maximum absolute atomic E-state index is 8.57. The summed E-state index contributed by atoms with van der Waals surface area (Å²) in [5, 5.41) is 8.57. The van der Waals surface area contributed by atoms with Crippen molar-refractivity contribution in [1.29, 1.82) is 5.26 Å². The van der Waals surface area contributed by atoms with E-state index in [9.17, 15) is 0 Å². The zero-order valence-corrected chi connectivity index (χ0v) is 6.20. The van der Waals surface area contributed by atoms with Gasteiger partial charge in [-0.05, 0) is 6.42 Å². The van der Waals surface area contributed by atoms with Crippen LogP contribution in [0.25, 0.3) is 0 Å². The normalized spacial score (nSPS) is 9.09. The molecule has 0 aliphatic rings. The van der Waals surface area contributed by atoms with Gasteiger partial charge in [0.15, 0.2) is 0 Å². The van der Waals surface area contributed by atoms with Crippen molar-refractivity contribution in [1.82, 2.24) is 9.97 Å². The Morgan fingerprint density at radius 2 is 2.45 bits per heavy atom. The molecule has 0 radical (unpaired) electrons. The van der Waals surface area contributed by atoms with Gasteiger partial charge in [-0.3, -0.25) is 0 Å². The summed E-state index contributed by atoms with van der Waals surface area (Å²) in [5.74, 6) is 0.223. The molecule has 0 fully saturated rings. The molecule has 1 aromatic heterocycles. The monoisotopic (exact) mass is 148 g/mol. The van der Waals surface area contributed by atoms with Crippen LogP contribution in [0.15, 0.2) is 6.20 Å². The number of nitrogens with two attached hydrogens (primary N) is 1. The minimum atomic E-state index is 0.223. The van der Waals surface area contributed by atoms with Gasteiger partial charge in [0, 0.05) is 0 Å². The molecule has 1 heterocycles. The van der Waals surface area contributed by atoms with Crippen LogP contribution in [0.4, 0.5) is 5.95 Å². The van der Waals surface area contributed by atoms with Gasteiger partial charge in [-0.15, -0.1) is 0 Å². The minimum Gasteiger partial charge on any atom is -0.368 e. The van der Waals surface area contributed by atoms with Crippen molar-refractivity contribution in [3.05, 3.63) is 17.5 Å². The molecule has 4 heteroatoms. The second-order valence-corrected chi connectivity index (χ2v) is 2.05. The first-order valence-corrected chi connectivity index (χ1v) is 3.29. The highest BCUT2D eigenvalue weighted by atomic mass is 15.0. The van der Waals surface area contributed by atoms with Crippen LogP contribution >= 0.6 is 0 Å². The van der Waals surface area contributed by atoms with Crippen LogP contribution < -0.4 is 5.73 Å². The third-order valence-corrected chi connectivity index (χ3v) is 1.34. The SMILES string of the molecule is CCc1nc(N)ncc1C#N. The minimum absolute atomic E-state index is 0.223. The van der Waals surface area contributed by atoms with Crippen molar-refractivity contribution in [2.24, 2.45) is 0 Å². The molecule has 0 spiro atoms. The lowest BCUT2D eigenvalue weighted by atomic mass is 10.2. The van der Waals surface area contributed by atoms with Crippen molar-refractivity contribution in [2.45, 2.75) is 13.3 Å². The van der Waals surface area contributed by atoms with E-state index < -0.39 is 0 Å². The Labute approximate surface area is 64.7 Å². The molecule has 0 amide bonds. The van der Waals surface area contributed by atoms with Crippen LogP contribution in [-0.4, -0.2) is 9.97 Å². The van der Waals surface area contributed by atoms with Gasteiger partial charge in [0.05, 0.1) is 17.5 Å². The summed E-state index contributed by atoms with van der Waals surface area (Å²) >= 11 is 0. The third kappa shape index (κ3) is 1.44. The average Bonchev–Trinajstić information content (AvgIpc) is 2.04. The fourth-order valence-electron chi connectivity index (χ4n) is 0.795. The smallest absolute Gasteiger partial charge is 0.220 e. The van der Waals surface area contributed by atoms with Crippen LogP contribution in [0.3, 0.4) is 0 Å². The van der Waals surface area contributed by atoms with Gasteiger partial charge >= 0.3 is 0 Å². The Morgan fingerprint density at radius 1 is 1.73 bits per heavy atom. The first-order chi connectivity index (χ1) is 5.27. The number of nitriles is 1. The molecular formula is C7H8N4. The quantitative estimate of drug-likeness (QED) is 0.629. The zero-order chi connectivity index (χ0) is 8.27. The summed E-state index contributed by atoms with van der Waals surface area (Å²) in [4.78, 5) is 7.61. The van der Waals surface area contributed by atoms with Gasteiger partial charge in [-0.1, -0.05) is 6.92 Å². The Balaban J connectivity index is 3.19. The van der Waals surface area contributed by atoms with Gasteiger partial charge < -0.3 is 5.73 Å². The average molecular weight is 148 g/mol. The highest BCUT2D eigenvalue weighted by molar-refractivity contribution is 5.34. The Hall–Kier alpha value is -1.63. The van der Waals surface area contributed by atoms with E-state index in [4.69, 9.17) is 11.0 Å². The highest BCUT2D eigenvalue weighted by Gasteiger charge is 2.01. The fourth-order valence-corrected chi connectivity index (χ4v) is 0.795. The van der Waals surface area contributed by atoms with Crippen LogP contribution in [-0.2, 0) is 6.42 Å². The summed E-state index contributed by atoms with van der Waals surface area (Å²) in [7, 11) is 0. The van der Waals surface area contributed by atoms with Crippen molar-refractivity contribution in [3.8, 4) is 6.07 Å². The molecule has 1 aromatic rings. The summed E-state index contributed by atoms with van der Waals surface area (Å²) < 4.78 is 0. The van der Waals surface area contributed by atoms with E-state index in [-0.39, 0.29) is 5.95 Å². The number of hydrogen-bond acceptors (Lipinski definition) is 4. The predicted molar refractivity (Wildman–Crippen MR) is 40.5 cm³/mol. The van der Waals surface area contributed by atoms with Crippen LogP contribution in [0.5, 0.6) is 0 Å². The van der Waals surface area contributed by atoms with E-state index in [0.29, 0.717) is 17.7 Å². The third-order valence-electron chi connectivity index (χ3n) is 1.34. The Bertz CT molecular complexity index is 300. The fraction of sp³-hybridized carbons (Fsp3) is 0.286. The lowest BCUT2D eigenvalue weighted by molar-refractivity contribution is 0.997. The summed E-state index contributed by atoms with van der Waals surface area (Å²) in [6.45, 7) is 1.92. The maximum Gasteiger partial charge on any atom is 0.220 e. The molecule has 0 aliphatic heterocycles. The number of nitrogen functional groups attached to an aromatic ring is 1. The molecule has 2 N–H and O–H groups in total. The second kappa shape index (κ2) is 2.97. The number of aryl methyl sites for hydroxylation is 1. The van der Waals surface area contributed by atoms with Gasteiger partial charge in [-0.25, -0.2) is 9.97 Å². The predicted octanol–water partition coefficient (Wildman–Crippen LogP) is 0.493. The van der Waals surface area contributed by atoms with E-state index >= 15 is 0 Å². The molecule has 1 rings (SSSR count). The largest absolute Gasteiger partial charge is 0.368 e. The number of nitrogens with zero attached hydrogens (tertiary/aromatic N) is 3. The van der Waals surface area contributed by atoms with Gasteiger partial charge in [0.1, 0.15) is 6.07 Å². The lowest BCUT2D eigenvalue weighted by Gasteiger charge is -1.97. The molecule has 0 aliphatic carbocycles. The molecule has 0 bridgehead atoms. The number of hydrogen-bond donors (Lipinski definition) is 1. The first-order valence-electron chi connectivity index (χ1n) is 3.29. The zero-order valence-electron chi connectivity index (χ0n) is 6.20. The van der Waals surface area contributed by atoms with Crippen LogP contribution in [0.1, 0.15) is 18.2 Å². The van der Waals surface area contributed by atoms with E-state index in [2.05, 4.69) is 9.97 Å².